The topological polar surface area (TPSA) is 74.6 Å². The minimum Gasteiger partial charge on any atom is -0.384 e. The number of hydrogen-bond acceptors (Lipinski definition) is 3. The summed E-state index contributed by atoms with van der Waals surface area (Å²) in [5, 5.41) is 8.29. The van der Waals surface area contributed by atoms with E-state index >= 15 is 0 Å². The van der Waals surface area contributed by atoms with E-state index in [9.17, 15) is 8.42 Å². The van der Waals surface area contributed by atoms with Crippen molar-refractivity contribution < 1.29 is 18.1 Å². The summed E-state index contributed by atoms with van der Waals surface area (Å²) in [6.07, 6.45) is 2.02. The van der Waals surface area contributed by atoms with Crippen LogP contribution in [-0.4, -0.2) is 24.7 Å². The second-order valence-electron chi connectivity index (χ2n) is 3.71. The van der Waals surface area contributed by atoms with E-state index in [0.29, 0.717) is 12.8 Å². The van der Waals surface area contributed by atoms with E-state index in [0.717, 1.165) is 6.42 Å². The van der Waals surface area contributed by atoms with Gasteiger partial charge in [0.1, 0.15) is 6.61 Å². The largest absolute Gasteiger partial charge is 0.384 e. The van der Waals surface area contributed by atoms with Crippen LogP contribution in [0.2, 0.25) is 0 Å². The Balaban J connectivity index is 0.000000406. The molecule has 0 aliphatic rings. The Bertz CT molecular complexity index is 674. The zero-order valence-corrected chi connectivity index (χ0v) is 13.2. The van der Waals surface area contributed by atoms with Gasteiger partial charge in [0.15, 0.2) is 0 Å². The second kappa shape index (κ2) is 12.5. The Morgan fingerprint density at radius 1 is 0.909 bits per heavy atom. The maximum absolute atomic E-state index is 10.4. The molecule has 0 bridgehead atoms. The molecule has 0 fully saturated rings. The molecular formula is C17H18O4S. The normalized spacial score (nSPS) is 8.68. The van der Waals surface area contributed by atoms with Gasteiger partial charge in [0, 0.05) is 6.42 Å². The zero-order valence-electron chi connectivity index (χ0n) is 12.3. The molecule has 22 heavy (non-hydrogen) atoms. The summed E-state index contributed by atoms with van der Waals surface area (Å²) in [4.78, 5) is -0.0741. The third-order valence-electron chi connectivity index (χ3n) is 2.03. The second-order valence-corrected chi connectivity index (χ2v) is 5.14. The van der Waals surface area contributed by atoms with Crippen molar-refractivity contribution in [2.75, 3.05) is 6.61 Å². The third kappa shape index (κ3) is 11.6. The first kappa shape index (κ1) is 19.8. The molecule has 5 heteroatoms. The van der Waals surface area contributed by atoms with Crippen LogP contribution in [0, 0.1) is 35.5 Å². The molecule has 0 aromatic heterocycles. The Morgan fingerprint density at radius 2 is 1.41 bits per heavy atom. The lowest BCUT2D eigenvalue weighted by Crippen LogP contribution is -1.96. The van der Waals surface area contributed by atoms with Crippen LogP contribution in [-0.2, 0) is 10.1 Å². The van der Waals surface area contributed by atoms with Gasteiger partial charge in [0.25, 0.3) is 10.1 Å². The summed E-state index contributed by atoms with van der Waals surface area (Å²) < 4.78 is 29.2. The number of rotatable bonds is 1. The molecule has 0 spiro atoms. The maximum atomic E-state index is 10.4. The van der Waals surface area contributed by atoms with E-state index in [-0.39, 0.29) is 11.5 Å². The molecule has 1 aromatic carbocycles. The van der Waals surface area contributed by atoms with Gasteiger partial charge in [-0.05, 0) is 12.1 Å². The molecular weight excluding hydrogens is 300 g/mol. The van der Waals surface area contributed by atoms with Gasteiger partial charge in [-0.1, -0.05) is 54.7 Å². The van der Waals surface area contributed by atoms with Crippen LogP contribution >= 0.6 is 0 Å². The van der Waals surface area contributed by atoms with Crippen molar-refractivity contribution in [3.8, 4) is 35.5 Å². The van der Waals surface area contributed by atoms with Crippen LogP contribution in [0.15, 0.2) is 35.2 Å². The highest BCUT2D eigenvalue weighted by atomic mass is 32.2. The molecule has 0 heterocycles. The minimum absolute atomic E-state index is 0.0741. The van der Waals surface area contributed by atoms with Gasteiger partial charge in [-0.2, -0.15) is 8.42 Å². The molecule has 0 saturated heterocycles. The van der Waals surface area contributed by atoms with Gasteiger partial charge in [0.2, 0.25) is 0 Å². The van der Waals surface area contributed by atoms with Gasteiger partial charge in [-0.25, -0.2) is 0 Å². The molecule has 0 radical (unpaired) electrons. The average Bonchev–Trinajstić information content (AvgIpc) is 2.51. The van der Waals surface area contributed by atoms with Crippen LogP contribution in [0.5, 0.6) is 0 Å². The van der Waals surface area contributed by atoms with Crippen LogP contribution < -0.4 is 0 Å². The number of hydrogen-bond donors (Lipinski definition) is 2. The lowest BCUT2D eigenvalue weighted by Gasteiger charge is -1.92. The van der Waals surface area contributed by atoms with Gasteiger partial charge in [0.05, 0.1) is 17.7 Å². The molecule has 0 unspecified atom stereocenters. The smallest absolute Gasteiger partial charge is 0.294 e. The quantitative estimate of drug-likeness (QED) is 0.614. The van der Waals surface area contributed by atoms with Gasteiger partial charge >= 0.3 is 0 Å². The summed E-state index contributed by atoms with van der Waals surface area (Å²) in [5.41, 5.74) is 0. The molecule has 0 aliphatic carbocycles. The first-order chi connectivity index (χ1) is 10.5. The predicted octanol–water partition coefficient (Wildman–Crippen LogP) is 2.11. The van der Waals surface area contributed by atoms with Crippen molar-refractivity contribution >= 4 is 10.1 Å². The molecule has 116 valence electrons. The summed E-state index contributed by atoms with van der Waals surface area (Å²) in [6, 6.07) is 7.42. The fourth-order valence-corrected chi connectivity index (χ4v) is 1.61. The highest BCUT2D eigenvalue weighted by molar-refractivity contribution is 7.85. The Labute approximate surface area is 132 Å². The molecule has 4 nitrogen and oxygen atoms in total. The minimum atomic E-state index is -4.00. The van der Waals surface area contributed by atoms with E-state index in [4.69, 9.17) is 9.66 Å². The van der Waals surface area contributed by atoms with Crippen LogP contribution in [0.1, 0.15) is 26.2 Å². The van der Waals surface area contributed by atoms with Crippen molar-refractivity contribution in [1.29, 1.82) is 0 Å². The molecule has 1 rings (SSSR count). The lowest BCUT2D eigenvalue weighted by atomic mass is 10.3. The summed E-state index contributed by atoms with van der Waals surface area (Å²) >= 11 is 0. The van der Waals surface area contributed by atoms with Crippen LogP contribution in [0.4, 0.5) is 0 Å². The van der Waals surface area contributed by atoms with Gasteiger partial charge in [-0.3, -0.25) is 4.55 Å². The average molecular weight is 318 g/mol. The maximum Gasteiger partial charge on any atom is 0.294 e. The van der Waals surface area contributed by atoms with Gasteiger partial charge < -0.3 is 5.11 Å². The van der Waals surface area contributed by atoms with Crippen molar-refractivity contribution in [1.82, 2.24) is 0 Å². The van der Waals surface area contributed by atoms with Crippen molar-refractivity contribution in [3.63, 3.8) is 0 Å². The molecule has 0 amide bonds. The third-order valence-corrected chi connectivity index (χ3v) is 2.89. The monoisotopic (exact) mass is 318 g/mol. The summed E-state index contributed by atoms with van der Waals surface area (Å²) in [7, 11) is -4.00. The SMILES string of the molecule is CCC#CCC#CCC#CCO.O=S(=O)(O)c1ccccc1. The molecule has 1 aromatic rings. The van der Waals surface area contributed by atoms with Crippen molar-refractivity contribution in [3.05, 3.63) is 30.3 Å². The van der Waals surface area contributed by atoms with E-state index in [1.165, 1.54) is 12.1 Å². The molecule has 0 saturated carbocycles. The Hall–Kier alpha value is -2.23. The van der Waals surface area contributed by atoms with Gasteiger partial charge in [-0.15, -0.1) is 5.92 Å². The first-order valence-corrected chi connectivity index (χ1v) is 7.97. The first-order valence-electron chi connectivity index (χ1n) is 6.53. The highest BCUT2D eigenvalue weighted by Crippen LogP contribution is 2.05. The van der Waals surface area contributed by atoms with Crippen LogP contribution in [0.3, 0.4) is 0 Å². The Kier molecular flexibility index (Phi) is 11.2. The van der Waals surface area contributed by atoms with Crippen molar-refractivity contribution in [2.45, 2.75) is 31.1 Å². The molecule has 0 atom stereocenters. The number of aliphatic hydroxyl groups excluding tert-OH is 1. The highest BCUT2D eigenvalue weighted by Gasteiger charge is 2.05. The number of benzene rings is 1. The van der Waals surface area contributed by atoms with E-state index in [1.54, 1.807) is 18.2 Å². The fraction of sp³-hybridized carbons (Fsp3) is 0.294. The zero-order chi connectivity index (χ0) is 16.7. The lowest BCUT2D eigenvalue weighted by molar-refractivity contribution is 0.350. The summed E-state index contributed by atoms with van der Waals surface area (Å²) in [6.45, 7) is 1.92. The molecule has 0 aliphatic heterocycles. The fourth-order valence-electron chi connectivity index (χ4n) is 1.11. The molecule has 2 N–H and O–H groups in total. The standard InChI is InChI=1S/C11H12O.C6H6O3S/c1-2-3-4-5-6-7-8-9-10-11-12;7-10(8,9)6-4-2-1-3-5-6/h12H,2,5,8,11H2,1H3;1-5H,(H,7,8,9). The van der Waals surface area contributed by atoms with E-state index < -0.39 is 10.1 Å². The van der Waals surface area contributed by atoms with E-state index in [1.807, 2.05) is 6.92 Å². The Morgan fingerprint density at radius 3 is 1.82 bits per heavy atom. The predicted molar refractivity (Wildman–Crippen MR) is 86.2 cm³/mol. The van der Waals surface area contributed by atoms with Crippen LogP contribution in [0.25, 0.3) is 0 Å². The van der Waals surface area contributed by atoms with E-state index in [2.05, 4.69) is 35.5 Å². The summed E-state index contributed by atoms with van der Waals surface area (Å²) in [5.74, 6) is 16.8. The number of aliphatic hydroxyl groups is 1. The van der Waals surface area contributed by atoms with Crippen molar-refractivity contribution in [2.24, 2.45) is 0 Å².